The molecule has 3 aromatic rings. The van der Waals surface area contributed by atoms with Crippen molar-refractivity contribution in [3.63, 3.8) is 0 Å². The predicted molar refractivity (Wildman–Crippen MR) is 127 cm³/mol. The number of hydrogen-bond donors (Lipinski definition) is 0. The fourth-order valence-corrected chi connectivity index (χ4v) is 4.90. The summed E-state index contributed by atoms with van der Waals surface area (Å²) in [4.78, 5) is 12.0. The number of carbonyl (C=O) groups excluding carboxylic acids is 1. The van der Waals surface area contributed by atoms with Crippen LogP contribution in [0.25, 0.3) is 10.9 Å². The van der Waals surface area contributed by atoms with Crippen molar-refractivity contribution in [3.05, 3.63) is 58.2 Å². The van der Waals surface area contributed by atoms with Gasteiger partial charge >= 0.3 is 12.1 Å². The van der Waals surface area contributed by atoms with E-state index in [-0.39, 0.29) is 36.8 Å². The monoisotopic (exact) mass is 509 g/mol. The minimum absolute atomic E-state index is 0.0225. The van der Waals surface area contributed by atoms with Crippen molar-refractivity contribution in [3.8, 4) is 11.5 Å². The highest BCUT2D eigenvalue weighted by Crippen LogP contribution is 2.44. The highest BCUT2D eigenvalue weighted by atomic mass is 35.5. The summed E-state index contributed by atoms with van der Waals surface area (Å²) in [7, 11) is 0. The van der Waals surface area contributed by atoms with E-state index in [4.69, 9.17) is 25.8 Å². The van der Waals surface area contributed by atoms with E-state index in [1.165, 1.54) is 6.07 Å². The number of benzene rings is 2. The third-order valence-electron chi connectivity index (χ3n) is 5.93. The van der Waals surface area contributed by atoms with Gasteiger partial charge in [-0.25, -0.2) is 0 Å². The summed E-state index contributed by atoms with van der Waals surface area (Å²) in [5, 5.41) is 1.34. The van der Waals surface area contributed by atoms with Gasteiger partial charge in [0.15, 0.2) is 0 Å². The van der Waals surface area contributed by atoms with E-state index >= 15 is 0 Å². The first-order valence-electron chi connectivity index (χ1n) is 11.5. The normalized spacial score (nSPS) is 15.5. The summed E-state index contributed by atoms with van der Waals surface area (Å²) < 4.78 is 58.9. The summed E-state index contributed by atoms with van der Waals surface area (Å²) in [5.74, 6) is 0.0110. The van der Waals surface area contributed by atoms with Crippen LogP contribution in [0.4, 0.5) is 13.2 Å². The summed E-state index contributed by atoms with van der Waals surface area (Å²) in [6.45, 7) is 6.16. The maximum absolute atomic E-state index is 13.5. The van der Waals surface area contributed by atoms with Gasteiger partial charge in [-0.1, -0.05) is 17.7 Å². The lowest BCUT2D eigenvalue weighted by molar-refractivity contribution is -0.143. The highest BCUT2D eigenvalue weighted by Gasteiger charge is 2.35. The number of ether oxygens (including phenoxy) is 3. The van der Waals surface area contributed by atoms with Gasteiger partial charge in [0, 0.05) is 23.5 Å². The van der Waals surface area contributed by atoms with E-state index in [9.17, 15) is 18.0 Å². The molecule has 2 heterocycles. The lowest BCUT2D eigenvalue weighted by Crippen LogP contribution is -2.13. The Hall–Kier alpha value is -2.87. The van der Waals surface area contributed by atoms with E-state index in [1.807, 2.05) is 6.07 Å². The van der Waals surface area contributed by atoms with Crippen LogP contribution in [0.3, 0.4) is 0 Å². The molecule has 1 aliphatic heterocycles. The van der Waals surface area contributed by atoms with Crippen molar-refractivity contribution in [2.75, 3.05) is 6.61 Å². The van der Waals surface area contributed by atoms with E-state index in [0.717, 1.165) is 35.6 Å². The van der Waals surface area contributed by atoms with Gasteiger partial charge in [-0.05, 0) is 63.1 Å². The summed E-state index contributed by atoms with van der Waals surface area (Å²) >= 11 is 6.71. The Kier molecular flexibility index (Phi) is 7.22. The minimum Gasteiger partial charge on any atom is -0.490 e. The van der Waals surface area contributed by atoms with Crippen LogP contribution in [0.2, 0.25) is 5.02 Å². The zero-order chi connectivity index (χ0) is 25.3. The zero-order valence-electron chi connectivity index (χ0n) is 19.7. The van der Waals surface area contributed by atoms with Crippen LogP contribution in [0.5, 0.6) is 11.5 Å². The van der Waals surface area contributed by atoms with Crippen LogP contribution in [-0.4, -0.2) is 23.2 Å². The number of halogens is 4. The number of rotatable bonds is 8. The van der Waals surface area contributed by atoms with Gasteiger partial charge in [0.1, 0.15) is 18.1 Å². The number of esters is 1. The van der Waals surface area contributed by atoms with Crippen molar-refractivity contribution < 1.29 is 32.2 Å². The third-order valence-corrected chi connectivity index (χ3v) is 6.33. The maximum atomic E-state index is 13.5. The molecule has 0 saturated carbocycles. The average Bonchev–Trinajstić information content (AvgIpc) is 3.31. The Morgan fingerprint density at radius 2 is 1.97 bits per heavy atom. The van der Waals surface area contributed by atoms with E-state index in [0.29, 0.717) is 22.9 Å². The standard InChI is InChI=1S/C26H27ClF3NO4/c1-4-33-23(32)12-17-9-10-31-21-7-6-18(13-19(21)24(27)25(17)31)34-14-16-5-8-22(35-15(2)3)20(11-16)26(28,29)30/h5-8,11,13,15,17H,4,9-10,12,14H2,1-3H3/t17-/m1/s1. The minimum atomic E-state index is -4.54. The predicted octanol–water partition coefficient (Wildman–Crippen LogP) is 7.12. The number of nitrogens with zero attached hydrogens (tertiary/aromatic N) is 1. The second kappa shape index (κ2) is 10.0. The van der Waals surface area contributed by atoms with Crippen LogP contribution in [-0.2, 0) is 28.9 Å². The molecule has 0 bridgehead atoms. The average molecular weight is 510 g/mol. The second-order valence-electron chi connectivity index (χ2n) is 8.81. The molecule has 1 atom stereocenters. The van der Waals surface area contributed by atoms with E-state index in [2.05, 4.69) is 4.57 Å². The number of aromatic nitrogens is 1. The van der Waals surface area contributed by atoms with Gasteiger partial charge < -0.3 is 18.8 Å². The molecule has 9 heteroatoms. The largest absolute Gasteiger partial charge is 0.490 e. The summed E-state index contributed by atoms with van der Waals surface area (Å²) in [6.07, 6.45) is -3.85. The van der Waals surface area contributed by atoms with Gasteiger partial charge in [-0.3, -0.25) is 4.79 Å². The Morgan fingerprint density at radius 1 is 1.20 bits per heavy atom. The molecular weight excluding hydrogens is 483 g/mol. The Balaban J connectivity index is 1.54. The molecule has 188 valence electrons. The number of fused-ring (bicyclic) bond motifs is 3. The fourth-order valence-electron chi connectivity index (χ4n) is 4.50. The molecule has 0 amide bonds. The second-order valence-corrected chi connectivity index (χ2v) is 9.19. The van der Waals surface area contributed by atoms with Crippen molar-refractivity contribution in [2.24, 2.45) is 0 Å². The van der Waals surface area contributed by atoms with Crippen LogP contribution in [0, 0.1) is 0 Å². The first-order valence-corrected chi connectivity index (χ1v) is 11.9. The van der Waals surface area contributed by atoms with E-state index < -0.39 is 11.7 Å². The molecule has 0 saturated heterocycles. The molecule has 0 aliphatic carbocycles. The Bertz CT molecular complexity index is 1240. The molecule has 0 N–H and O–H groups in total. The number of carbonyl (C=O) groups is 1. The zero-order valence-corrected chi connectivity index (χ0v) is 20.5. The molecule has 1 aromatic heterocycles. The van der Waals surface area contributed by atoms with Gasteiger partial charge in [0.2, 0.25) is 0 Å². The molecule has 0 spiro atoms. The van der Waals surface area contributed by atoms with Crippen LogP contribution in [0.15, 0.2) is 36.4 Å². The molecule has 2 aromatic carbocycles. The lowest BCUT2D eigenvalue weighted by Gasteiger charge is -2.17. The summed E-state index contributed by atoms with van der Waals surface area (Å²) in [5.41, 5.74) is 1.37. The molecule has 4 rings (SSSR count). The molecular formula is C26H27ClF3NO4. The highest BCUT2D eigenvalue weighted by molar-refractivity contribution is 6.36. The van der Waals surface area contributed by atoms with Crippen LogP contribution in [0.1, 0.15) is 56.4 Å². The quantitative estimate of drug-likeness (QED) is 0.303. The molecule has 35 heavy (non-hydrogen) atoms. The van der Waals surface area contributed by atoms with Crippen LogP contribution >= 0.6 is 11.6 Å². The van der Waals surface area contributed by atoms with Gasteiger partial charge in [0.05, 0.1) is 35.2 Å². The van der Waals surface area contributed by atoms with Gasteiger partial charge in [0.25, 0.3) is 0 Å². The van der Waals surface area contributed by atoms with Crippen LogP contribution < -0.4 is 9.47 Å². The van der Waals surface area contributed by atoms with Gasteiger partial charge in [-0.15, -0.1) is 0 Å². The first-order chi connectivity index (χ1) is 16.6. The summed E-state index contributed by atoms with van der Waals surface area (Å²) in [6, 6.07) is 9.37. The van der Waals surface area contributed by atoms with Crippen molar-refractivity contribution in [1.82, 2.24) is 4.57 Å². The number of hydrogen-bond acceptors (Lipinski definition) is 4. The molecule has 0 unspecified atom stereocenters. The maximum Gasteiger partial charge on any atom is 0.419 e. The third kappa shape index (κ3) is 5.37. The van der Waals surface area contributed by atoms with Gasteiger partial charge in [-0.2, -0.15) is 13.2 Å². The molecule has 0 radical (unpaired) electrons. The first kappa shape index (κ1) is 25.2. The van der Waals surface area contributed by atoms with Crippen molar-refractivity contribution in [2.45, 2.75) is 65.0 Å². The smallest absolute Gasteiger partial charge is 0.419 e. The number of alkyl halides is 3. The topological polar surface area (TPSA) is 49.7 Å². The van der Waals surface area contributed by atoms with E-state index in [1.54, 1.807) is 39.0 Å². The van der Waals surface area contributed by atoms with Crippen molar-refractivity contribution in [1.29, 1.82) is 0 Å². The molecule has 0 fully saturated rings. The Labute approximate surface area is 206 Å². The molecule has 5 nitrogen and oxygen atoms in total. The Morgan fingerprint density at radius 3 is 2.66 bits per heavy atom. The lowest BCUT2D eigenvalue weighted by atomic mass is 10.00. The SMILES string of the molecule is CCOC(=O)C[C@H]1CCn2c1c(Cl)c1cc(OCc3ccc(OC(C)C)c(C(F)(F)F)c3)ccc12. The molecule has 1 aliphatic rings. The van der Waals surface area contributed by atoms with Crippen molar-refractivity contribution >= 4 is 28.5 Å². The number of aryl methyl sites for hydroxylation is 1. The fraction of sp³-hybridized carbons (Fsp3) is 0.423.